The molecule has 0 aliphatic carbocycles. The Labute approximate surface area is 82.9 Å². The fourth-order valence-corrected chi connectivity index (χ4v) is 1.99. The lowest BCUT2D eigenvalue weighted by Gasteiger charge is -2.36. The van der Waals surface area contributed by atoms with Crippen LogP contribution in [-0.2, 0) is 0 Å². The highest BCUT2D eigenvalue weighted by molar-refractivity contribution is 4.74. The summed E-state index contributed by atoms with van der Waals surface area (Å²) in [5.41, 5.74) is 0. The van der Waals surface area contributed by atoms with Crippen LogP contribution in [-0.4, -0.2) is 28.8 Å². The van der Waals surface area contributed by atoms with Crippen LogP contribution in [0, 0.1) is 5.92 Å². The van der Waals surface area contributed by atoms with Crippen molar-refractivity contribution in [2.75, 3.05) is 6.54 Å². The molecule has 2 atom stereocenters. The van der Waals surface area contributed by atoms with Crippen molar-refractivity contribution in [1.82, 2.24) is 4.90 Å². The molecule has 0 aromatic carbocycles. The average Bonchev–Trinajstić information content (AvgIpc) is 2.12. The maximum absolute atomic E-state index is 9.79. The number of aliphatic hydroxyl groups excluding tert-OH is 1. The molecule has 0 saturated heterocycles. The fourth-order valence-electron chi connectivity index (χ4n) is 1.99. The largest absolute Gasteiger partial charge is 0.378 e. The number of aliphatic hydroxyl groups is 1. The summed E-state index contributed by atoms with van der Waals surface area (Å²) in [6, 6.07) is 0.514. The smallest absolute Gasteiger partial charge is 0.107 e. The second-order valence-electron chi connectivity index (χ2n) is 3.94. The molecule has 1 N–H and O–H groups in total. The van der Waals surface area contributed by atoms with E-state index in [1.54, 1.807) is 0 Å². The van der Waals surface area contributed by atoms with Gasteiger partial charge in [-0.25, -0.2) is 0 Å². The molecule has 0 spiro atoms. The molecular formula is C11H25NO. The van der Waals surface area contributed by atoms with Gasteiger partial charge in [-0.1, -0.05) is 34.6 Å². The molecule has 0 aromatic heterocycles. The van der Waals surface area contributed by atoms with E-state index in [0.717, 1.165) is 19.4 Å². The third kappa shape index (κ3) is 3.65. The first kappa shape index (κ1) is 12.9. The summed E-state index contributed by atoms with van der Waals surface area (Å²) >= 11 is 0. The lowest BCUT2D eigenvalue weighted by molar-refractivity contribution is -0.0369. The molecule has 0 heterocycles. The van der Waals surface area contributed by atoms with E-state index in [2.05, 4.69) is 32.6 Å². The van der Waals surface area contributed by atoms with Crippen LogP contribution in [0.25, 0.3) is 0 Å². The van der Waals surface area contributed by atoms with Gasteiger partial charge in [0.25, 0.3) is 0 Å². The van der Waals surface area contributed by atoms with Gasteiger partial charge >= 0.3 is 0 Å². The highest BCUT2D eigenvalue weighted by atomic mass is 16.3. The molecule has 2 heteroatoms. The molecule has 0 aromatic rings. The minimum Gasteiger partial charge on any atom is -0.378 e. The summed E-state index contributed by atoms with van der Waals surface area (Å²) in [4.78, 5) is 2.20. The van der Waals surface area contributed by atoms with E-state index in [1.165, 1.54) is 0 Å². The quantitative estimate of drug-likeness (QED) is 0.646. The summed E-state index contributed by atoms with van der Waals surface area (Å²) in [6.07, 6.45) is 1.66. The van der Waals surface area contributed by atoms with E-state index in [9.17, 15) is 5.11 Å². The van der Waals surface area contributed by atoms with Gasteiger partial charge in [0.05, 0.1) is 0 Å². The summed E-state index contributed by atoms with van der Waals surface area (Å²) < 4.78 is 0. The summed E-state index contributed by atoms with van der Waals surface area (Å²) in [5.74, 6) is 0.617. The van der Waals surface area contributed by atoms with Crippen molar-refractivity contribution in [3.8, 4) is 0 Å². The number of hydrogen-bond donors (Lipinski definition) is 1. The molecule has 0 radical (unpaired) electrons. The number of hydrogen-bond acceptors (Lipinski definition) is 2. The van der Waals surface area contributed by atoms with E-state index in [0.29, 0.717) is 12.0 Å². The molecule has 0 aliphatic rings. The molecule has 0 amide bonds. The van der Waals surface area contributed by atoms with Gasteiger partial charge in [0.15, 0.2) is 0 Å². The molecule has 0 aliphatic heterocycles. The Balaban J connectivity index is 4.33. The third-order valence-electron chi connectivity index (χ3n) is 2.73. The van der Waals surface area contributed by atoms with Crippen LogP contribution in [0.4, 0.5) is 0 Å². The molecule has 0 fully saturated rings. The van der Waals surface area contributed by atoms with Gasteiger partial charge in [-0.3, -0.25) is 4.90 Å². The standard InChI is InChI=1S/C11H25NO/c1-6-10(9(4)5)12(8-3)11(13)7-2/h9-11,13H,6-8H2,1-5H3. The van der Waals surface area contributed by atoms with E-state index in [1.807, 2.05) is 6.92 Å². The molecule has 0 saturated carbocycles. The van der Waals surface area contributed by atoms with E-state index in [4.69, 9.17) is 0 Å². The van der Waals surface area contributed by atoms with E-state index in [-0.39, 0.29) is 6.23 Å². The van der Waals surface area contributed by atoms with Gasteiger partial charge in [0.1, 0.15) is 6.23 Å². The van der Waals surface area contributed by atoms with Gasteiger partial charge in [0.2, 0.25) is 0 Å². The molecule has 80 valence electrons. The summed E-state index contributed by atoms with van der Waals surface area (Å²) in [5, 5.41) is 9.79. The van der Waals surface area contributed by atoms with Crippen molar-refractivity contribution >= 4 is 0 Å². The van der Waals surface area contributed by atoms with E-state index >= 15 is 0 Å². The molecular weight excluding hydrogens is 162 g/mol. The van der Waals surface area contributed by atoms with Gasteiger partial charge in [-0.15, -0.1) is 0 Å². The van der Waals surface area contributed by atoms with Gasteiger partial charge in [-0.05, 0) is 25.3 Å². The van der Waals surface area contributed by atoms with Crippen molar-refractivity contribution in [1.29, 1.82) is 0 Å². The SMILES string of the molecule is CCC(O)N(CC)C(CC)C(C)C. The van der Waals surface area contributed by atoms with Gasteiger partial charge < -0.3 is 5.11 Å². The predicted octanol–water partition coefficient (Wildman–Crippen LogP) is 2.47. The Kier molecular flexibility index (Phi) is 6.35. The first-order valence-corrected chi connectivity index (χ1v) is 5.52. The topological polar surface area (TPSA) is 23.5 Å². The van der Waals surface area contributed by atoms with Crippen molar-refractivity contribution < 1.29 is 5.11 Å². The Hall–Kier alpha value is -0.0800. The Morgan fingerprint density at radius 2 is 1.62 bits per heavy atom. The Morgan fingerprint density at radius 1 is 1.08 bits per heavy atom. The normalized spacial score (nSPS) is 16.6. The monoisotopic (exact) mass is 187 g/mol. The third-order valence-corrected chi connectivity index (χ3v) is 2.73. The van der Waals surface area contributed by atoms with Crippen LogP contribution < -0.4 is 0 Å². The van der Waals surface area contributed by atoms with Crippen molar-refractivity contribution in [2.24, 2.45) is 5.92 Å². The van der Waals surface area contributed by atoms with Crippen molar-refractivity contribution in [3.05, 3.63) is 0 Å². The fraction of sp³-hybridized carbons (Fsp3) is 1.00. The lowest BCUT2D eigenvalue weighted by Crippen LogP contribution is -2.45. The maximum atomic E-state index is 9.79. The number of nitrogens with zero attached hydrogens (tertiary/aromatic N) is 1. The van der Waals surface area contributed by atoms with Gasteiger partial charge in [0, 0.05) is 6.04 Å². The molecule has 2 nitrogen and oxygen atoms in total. The van der Waals surface area contributed by atoms with Crippen LogP contribution in [0.2, 0.25) is 0 Å². The average molecular weight is 187 g/mol. The molecule has 13 heavy (non-hydrogen) atoms. The molecule has 2 unspecified atom stereocenters. The zero-order chi connectivity index (χ0) is 10.4. The van der Waals surface area contributed by atoms with Crippen LogP contribution in [0.3, 0.4) is 0 Å². The Morgan fingerprint density at radius 3 is 1.85 bits per heavy atom. The predicted molar refractivity (Wildman–Crippen MR) is 57.6 cm³/mol. The first-order chi connectivity index (χ1) is 6.08. The summed E-state index contributed by atoms with van der Waals surface area (Å²) in [7, 11) is 0. The number of rotatable bonds is 6. The van der Waals surface area contributed by atoms with Crippen molar-refractivity contribution in [2.45, 2.75) is 59.7 Å². The highest BCUT2D eigenvalue weighted by Gasteiger charge is 2.23. The van der Waals surface area contributed by atoms with Crippen LogP contribution in [0.5, 0.6) is 0 Å². The zero-order valence-electron chi connectivity index (χ0n) is 9.75. The zero-order valence-corrected chi connectivity index (χ0v) is 9.75. The first-order valence-electron chi connectivity index (χ1n) is 5.52. The van der Waals surface area contributed by atoms with E-state index < -0.39 is 0 Å². The second kappa shape index (κ2) is 6.39. The molecule has 0 bridgehead atoms. The van der Waals surface area contributed by atoms with Gasteiger partial charge in [-0.2, -0.15) is 0 Å². The maximum Gasteiger partial charge on any atom is 0.107 e. The van der Waals surface area contributed by atoms with Crippen molar-refractivity contribution in [3.63, 3.8) is 0 Å². The lowest BCUT2D eigenvalue weighted by atomic mass is 9.99. The van der Waals surface area contributed by atoms with Crippen LogP contribution in [0.1, 0.15) is 47.5 Å². The summed E-state index contributed by atoms with van der Waals surface area (Å²) in [6.45, 7) is 11.7. The minimum atomic E-state index is -0.266. The highest BCUT2D eigenvalue weighted by Crippen LogP contribution is 2.17. The minimum absolute atomic E-state index is 0.266. The second-order valence-corrected chi connectivity index (χ2v) is 3.94. The molecule has 0 rings (SSSR count). The van der Waals surface area contributed by atoms with Crippen LogP contribution in [0.15, 0.2) is 0 Å². The van der Waals surface area contributed by atoms with Crippen LogP contribution >= 0.6 is 0 Å². The Bertz CT molecular complexity index is 125.